The maximum absolute atomic E-state index is 11.6. The highest BCUT2D eigenvalue weighted by Crippen LogP contribution is 2.42. The number of nitrogens with one attached hydrogen (secondary N) is 1. The number of hydrogen-bond acceptors (Lipinski definition) is 4. The number of hydrogen-bond donors (Lipinski definition) is 3. The third-order valence-electron chi connectivity index (χ3n) is 4.44. The molecule has 0 fully saturated rings. The van der Waals surface area contributed by atoms with Gasteiger partial charge in [-0.05, 0) is 44.2 Å². The summed E-state index contributed by atoms with van der Waals surface area (Å²) in [6.07, 6.45) is 0. The Hall–Kier alpha value is -3.10. The number of anilines is 1. The van der Waals surface area contributed by atoms with Gasteiger partial charge >= 0.3 is 0 Å². The van der Waals surface area contributed by atoms with Crippen LogP contribution in [-0.4, -0.2) is 23.6 Å². The zero-order chi connectivity index (χ0) is 19.1. The molecule has 0 bridgehead atoms. The van der Waals surface area contributed by atoms with E-state index in [-0.39, 0.29) is 5.75 Å². The van der Waals surface area contributed by atoms with Gasteiger partial charge in [0.15, 0.2) is 0 Å². The molecule has 2 aromatic heterocycles. The zero-order valence-electron chi connectivity index (χ0n) is 14.6. The van der Waals surface area contributed by atoms with Crippen LogP contribution in [0.3, 0.4) is 0 Å². The lowest BCUT2D eigenvalue weighted by molar-refractivity contribution is 0.393. The molecule has 0 amide bonds. The van der Waals surface area contributed by atoms with Crippen molar-refractivity contribution < 1.29 is 18.4 Å². The minimum Gasteiger partial charge on any atom is -0.508 e. The maximum Gasteiger partial charge on any atom is 0.259 e. The molecule has 4 rings (SSSR count). The highest BCUT2D eigenvalue weighted by Gasteiger charge is 2.25. The zero-order valence-corrected chi connectivity index (χ0v) is 15.4. The molecule has 3 N–H and O–H groups in total. The van der Waals surface area contributed by atoms with Gasteiger partial charge < -0.3 is 14.2 Å². The van der Waals surface area contributed by atoms with Crippen molar-refractivity contribution in [2.75, 3.05) is 4.72 Å². The van der Waals surface area contributed by atoms with E-state index in [1.165, 1.54) is 0 Å². The standard InChI is InChI=1S/C19H17N3O4S/c1-11-17(12(2)26-20-11)19-18(21-27(24)25)15-5-3-4-6-16(15)22(19)13-7-9-14(23)10-8-13/h3-10,21,23H,1-2H3,(H,24,25). The minimum atomic E-state index is -2.26. The van der Waals surface area contributed by atoms with Gasteiger partial charge in [0, 0.05) is 11.1 Å². The molecule has 27 heavy (non-hydrogen) atoms. The summed E-state index contributed by atoms with van der Waals surface area (Å²) in [6, 6.07) is 14.3. The third kappa shape index (κ3) is 2.88. The van der Waals surface area contributed by atoms with Gasteiger partial charge in [0.2, 0.25) is 0 Å². The second-order valence-electron chi connectivity index (χ2n) is 6.14. The molecular formula is C19H17N3O4S. The predicted molar refractivity (Wildman–Crippen MR) is 104 cm³/mol. The summed E-state index contributed by atoms with van der Waals surface area (Å²) in [5.74, 6) is 0.756. The molecule has 8 heteroatoms. The number of benzene rings is 2. The van der Waals surface area contributed by atoms with Crippen LogP contribution in [0.1, 0.15) is 11.5 Å². The molecule has 4 aromatic rings. The average molecular weight is 383 g/mol. The van der Waals surface area contributed by atoms with Gasteiger partial charge in [0.25, 0.3) is 11.3 Å². The molecule has 7 nitrogen and oxygen atoms in total. The summed E-state index contributed by atoms with van der Waals surface area (Å²) >= 11 is -2.26. The van der Waals surface area contributed by atoms with E-state index in [9.17, 15) is 13.9 Å². The van der Waals surface area contributed by atoms with Crippen molar-refractivity contribution in [2.45, 2.75) is 13.8 Å². The number of fused-ring (bicyclic) bond motifs is 1. The maximum atomic E-state index is 11.6. The van der Waals surface area contributed by atoms with Crippen LogP contribution in [0, 0.1) is 13.8 Å². The van der Waals surface area contributed by atoms with E-state index in [1.807, 2.05) is 35.8 Å². The summed E-state index contributed by atoms with van der Waals surface area (Å²) in [5.41, 5.74) is 4.21. The Morgan fingerprint density at radius 2 is 1.81 bits per heavy atom. The van der Waals surface area contributed by atoms with Crippen molar-refractivity contribution in [1.82, 2.24) is 9.72 Å². The first-order valence-corrected chi connectivity index (χ1v) is 9.31. The number of nitrogens with zero attached hydrogens (tertiary/aromatic N) is 2. The van der Waals surface area contributed by atoms with Crippen LogP contribution in [0.4, 0.5) is 5.69 Å². The Morgan fingerprint density at radius 1 is 1.11 bits per heavy atom. The first kappa shape index (κ1) is 17.3. The monoisotopic (exact) mass is 383 g/mol. The molecule has 0 aliphatic rings. The number of para-hydroxylation sites is 1. The second-order valence-corrected chi connectivity index (χ2v) is 6.85. The smallest absolute Gasteiger partial charge is 0.259 e. The second kappa shape index (κ2) is 6.57. The van der Waals surface area contributed by atoms with Gasteiger partial charge in [0.1, 0.15) is 11.5 Å². The molecule has 0 aliphatic heterocycles. The first-order chi connectivity index (χ1) is 13.0. The van der Waals surface area contributed by atoms with Crippen molar-refractivity contribution >= 4 is 27.9 Å². The minimum absolute atomic E-state index is 0.156. The summed E-state index contributed by atoms with van der Waals surface area (Å²) in [5, 5.41) is 14.5. The number of aryl methyl sites for hydroxylation is 2. The van der Waals surface area contributed by atoms with Crippen LogP contribution in [0.2, 0.25) is 0 Å². The summed E-state index contributed by atoms with van der Waals surface area (Å²) in [7, 11) is 0. The van der Waals surface area contributed by atoms with Crippen molar-refractivity contribution in [3.63, 3.8) is 0 Å². The van der Waals surface area contributed by atoms with E-state index in [1.54, 1.807) is 31.2 Å². The van der Waals surface area contributed by atoms with E-state index in [0.29, 0.717) is 22.8 Å². The first-order valence-electron chi connectivity index (χ1n) is 8.21. The summed E-state index contributed by atoms with van der Waals surface area (Å²) in [4.78, 5) is 0. The van der Waals surface area contributed by atoms with E-state index in [4.69, 9.17) is 4.52 Å². The molecule has 138 valence electrons. The van der Waals surface area contributed by atoms with E-state index >= 15 is 0 Å². The lowest BCUT2D eigenvalue weighted by Gasteiger charge is -2.12. The Balaban J connectivity index is 2.16. The lowest BCUT2D eigenvalue weighted by Crippen LogP contribution is -2.05. The van der Waals surface area contributed by atoms with Crippen LogP contribution in [0.25, 0.3) is 27.8 Å². The normalized spacial score (nSPS) is 12.4. The fraction of sp³-hybridized carbons (Fsp3) is 0.105. The van der Waals surface area contributed by atoms with Gasteiger partial charge in [-0.15, -0.1) is 0 Å². The van der Waals surface area contributed by atoms with Gasteiger partial charge in [-0.3, -0.25) is 9.27 Å². The SMILES string of the molecule is Cc1noc(C)c1-c1c(NS(=O)O)c2ccccc2n1-c1ccc(O)cc1. The van der Waals surface area contributed by atoms with E-state index in [0.717, 1.165) is 22.2 Å². The molecule has 2 aromatic carbocycles. The Kier molecular flexibility index (Phi) is 4.21. The van der Waals surface area contributed by atoms with Crippen molar-refractivity contribution in [2.24, 2.45) is 0 Å². The Labute approximate surface area is 157 Å². The van der Waals surface area contributed by atoms with E-state index in [2.05, 4.69) is 9.88 Å². The molecule has 0 aliphatic carbocycles. The van der Waals surface area contributed by atoms with Crippen LogP contribution < -0.4 is 4.72 Å². The quantitative estimate of drug-likeness (QED) is 0.460. The van der Waals surface area contributed by atoms with E-state index < -0.39 is 11.3 Å². The number of phenols is 1. The highest BCUT2D eigenvalue weighted by molar-refractivity contribution is 7.80. The van der Waals surface area contributed by atoms with Gasteiger partial charge in [-0.1, -0.05) is 23.4 Å². The van der Waals surface area contributed by atoms with Gasteiger partial charge in [0.05, 0.1) is 28.2 Å². The largest absolute Gasteiger partial charge is 0.508 e. The molecule has 0 radical (unpaired) electrons. The van der Waals surface area contributed by atoms with Crippen LogP contribution in [0.15, 0.2) is 53.1 Å². The summed E-state index contributed by atoms with van der Waals surface area (Å²) in [6.45, 7) is 3.62. The molecule has 0 saturated heterocycles. The molecule has 0 saturated carbocycles. The van der Waals surface area contributed by atoms with Crippen molar-refractivity contribution in [1.29, 1.82) is 0 Å². The number of phenolic OH excluding ortho intramolecular Hbond substituents is 1. The average Bonchev–Trinajstić information content (AvgIpc) is 3.13. The predicted octanol–water partition coefficient (Wildman–Crippen LogP) is 4.16. The van der Waals surface area contributed by atoms with Crippen LogP contribution in [0.5, 0.6) is 5.75 Å². The Morgan fingerprint density at radius 3 is 2.44 bits per heavy atom. The summed E-state index contributed by atoms with van der Waals surface area (Å²) < 4.78 is 31.1. The highest BCUT2D eigenvalue weighted by atomic mass is 32.2. The number of aromatic hydroxyl groups is 1. The van der Waals surface area contributed by atoms with Gasteiger partial charge in [-0.2, -0.15) is 0 Å². The fourth-order valence-electron chi connectivity index (χ4n) is 3.36. The van der Waals surface area contributed by atoms with Crippen LogP contribution in [-0.2, 0) is 11.3 Å². The Bertz CT molecular complexity index is 1140. The van der Waals surface area contributed by atoms with Crippen molar-refractivity contribution in [3.05, 3.63) is 60.0 Å². The number of aromatic nitrogens is 2. The number of rotatable bonds is 4. The van der Waals surface area contributed by atoms with Gasteiger partial charge in [-0.25, -0.2) is 4.21 Å². The van der Waals surface area contributed by atoms with Crippen molar-refractivity contribution in [3.8, 4) is 22.7 Å². The molecule has 2 heterocycles. The fourth-order valence-corrected chi connectivity index (χ4v) is 3.74. The molecule has 0 spiro atoms. The lowest BCUT2D eigenvalue weighted by atomic mass is 10.1. The topological polar surface area (TPSA) is 101 Å². The third-order valence-corrected chi connectivity index (χ3v) is 4.82. The molecule has 1 atom stereocenters. The molecule has 1 unspecified atom stereocenters. The molecular weight excluding hydrogens is 366 g/mol. The van der Waals surface area contributed by atoms with Crippen LogP contribution >= 0.6 is 0 Å².